The lowest BCUT2D eigenvalue weighted by Crippen LogP contribution is -2.10. The highest BCUT2D eigenvalue weighted by Crippen LogP contribution is 2.30. The molecule has 1 heterocycles. The number of aromatic nitrogens is 1. The van der Waals surface area contributed by atoms with E-state index < -0.39 is 11.9 Å². The molecule has 21 heavy (non-hydrogen) atoms. The molecule has 0 aliphatic rings. The molecular formula is C14H14N2O3S2. The standard InChI is InChI=1S/C14H14N2O3S2/c1-8-11(6-12(17)18)21-14(16-8)20-7-9-3-2-4-10(5-9)13(15)19/h2-5H,6-7H2,1H3,(H2,15,19)(H,17,18). The number of aliphatic carboxylic acids is 1. The van der Waals surface area contributed by atoms with Gasteiger partial charge in [0.15, 0.2) is 4.34 Å². The third-order valence-electron chi connectivity index (χ3n) is 2.76. The van der Waals surface area contributed by atoms with Crippen LogP contribution in [0.1, 0.15) is 26.5 Å². The highest BCUT2D eigenvalue weighted by molar-refractivity contribution is 8.00. The molecule has 0 fully saturated rings. The Labute approximate surface area is 130 Å². The summed E-state index contributed by atoms with van der Waals surface area (Å²) in [4.78, 5) is 27.0. The maximum Gasteiger partial charge on any atom is 0.308 e. The zero-order valence-corrected chi connectivity index (χ0v) is 13.0. The van der Waals surface area contributed by atoms with Gasteiger partial charge in [0.05, 0.1) is 12.1 Å². The number of carbonyl (C=O) groups is 2. The van der Waals surface area contributed by atoms with E-state index >= 15 is 0 Å². The summed E-state index contributed by atoms with van der Waals surface area (Å²) >= 11 is 2.92. The van der Waals surface area contributed by atoms with Crippen LogP contribution in [0.15, 0.2) is 28.6 Å². The van der Waals surface area contributed by atoms with E-state index in [1.54, 1.807) is 18.2 Å². The number of thiazole rings is 1. The van der Waals surface area contributed by atoms with Crippen LogP contribution in [0.25, 0.3) is 0 Å². The summed E-state index contributed by atoms with van der Waals surface area (Å²) in [6.07, 6.45) is 0.00121. The Balaban J connectivity index is 2.04. The quantitative estimate of drug-likeness (QED) is 0.797. The number of amides is 1. The van der Waals surface area contributed by atoms with Gasteiger partial charge in [-0.2, -0.15) is 0 Å². The summed E-state index contributed by atoms with van der Waals surface area (Å²) in [5.41, 5.74) is 7.47. The predicted octanol–water partition coefficient (Wildman–Crippen LogP) is 2.47. The molecule has 0 aliphatic heterocycles. The molecule has 0 bridgehead atoms. The number of nitrogens with zero attached hydrogens (tertiary/aromatic N) is 1. The van der Waals surface area contributed by atoms with Crippen molar-refractivity contribution >= 4 is 35.0 Å². The SMILES string of the molecule is Cc1nc(SCc2cccc(C(N)=O)c2)sc1CC(=O)O. The van der Waals surface area contributed by atoms with Gasteiger partial charge in [-0.15, -0.1) is 11.3 Å². The number of nitrogens with two attached hydrogens (primary N) is 1. The summed E-state index contributed by atoms with van der Waals surface area (Å²) in [7, 11) is 0. The van der Waals surface area contributed by atoms with Crippen LogP contribution in [0.3, 0.4) is 0 Å². The minimum absolute atomic E-state index is 0.00121. The molecule has 5 nitrogen and oxygen atoms in total. The van der Waals surface area contributed by atoms with Gasteiger partial charge in [-0.1, -0.05) is 23.9 Å². The Hall–Kier alpha value is -1.86. The van der Waals surface area contributed by atoms with Crippen molar-refractivity contribution in [2.45, 2.75) is 23.4 Å². The van der Waals surface area contributed by atoms with Gasteiger partial charge in [0.2, 0.25) is 5.91 Å². The Kier molecular flexibility index (Phi) is 4.98. The Morgan fingerprint density at radius 1 is 1.43 bits per heavy atom. The van der Waals surface area contributed by atoms with Crippen molar-refractivity contribution in [1.29, 1.82) is 0 Å². The van der Waals surface area contributed by atoms with Crippen LogP contribution in [0.4, 0.5) is 0 Å². The van der Waals surface area contributed by atoms with E-state index in [0.717, 1.165) is 20.5 Å². The fraction of sp³-hybridized carbons (Fsp3) is 0.214. The Morgan fingerprint density at radius 3 is 2.86 bits per heavy atom. The molecule has 2 rings (SSSR count). The lowest BCUT2D eigenvalue weighted by molar-refractivity contribution is -0.136. The first kappa shape index (κ1) is 15.5. The molecule has 0 aliphatic carbocycles. The van der Waals surface area contributed by atoms with Gasteiger partial charge in [0.25, 0.3) is 0 Å². The van der Waals surface area contributed by atoms with E-state index in [0.29, 0.717) is 11.3 Å². The largest absolute Gasteiger partial charge is 0.481 e. The molecule has 1 aromatic heterocycles. The molecule has 7 heteroatoms. The number of aryl methyl sites for hydroxylation is 1. The van der Waals surface area contributed by atoms with Crippen molar-refractivity contribution in [3.63, 3.8) is 0 Å². The van der Waals surface area contributed by atoms with Crippen LogP contribution >= 0.6 is 23.1 Å². The summed E-state index contributed by atoms with van der Waals surface area (Å²) in [5, 5.41) is 8.82. The minimum Gasteiger partial charge on any atom is -0.481 e. The average Bonchev–Trinajstić information content (AvgIpc) is 2.76. The monoisotopic (exact) mass is 322 g/mol. The highest BCUT2D eigenvalue weighted by atomic mass is 32.2. The number of primary amides is 1. The van der Waals surface area contributed by atoms with Gasteiger partial charge in [-0.05, 0) is 24.6 Å². The van der Waals surface area contributed by atoms with Crippen molar-refractivity contribution in [1.82, 2.24) is 4.98 Å². The van der Waals surface area contributed by atoms with Crippen LogP contribution in [-0.4, -0.2) is 22.0 Å². The molecule has 0 radical (unpaired) electrons. The fourth-order valence-electron chi connectivity index (χ4n) is 1.72. The number of benzene rings is 1. The average molecular weight is 322 g/mol. The maximum absolute atomic E-state index is 11.1. The van der Waals surface area contributed by atoms with Crippen molar-refractivity contribution in [3.05, 3.63) is 46.0 Å². The van der Waals surface area contributed by atoms with Crippen LogP contribution in [0, 0.1) is 6.92 Å². The second-order valence-corrected chi connectivity index (χ2v) is 6.72. The third-order valence-corrected chi connectivity index (χ3v) is 5.13. The van der Waals surface area contributed by atoms with E-state index in [4.69, 9.17) is 10.8 Å². The van der Waals surface area contributed by atoms with E-state index in [2.05, 4.69) is 4.98 Å². The second-order valence-electron chi connectivity index (χ2n) is 4.41. The van der Waals surface area contributed by atoms with Gasteiger partial charge < -0.3 is 10.8 Å². The molecular weight excluding hydrogens is 308 g/mol. The molecule has 0 unspecified atom stereocenters. The molecule has 1 aromatic carbocycles. The molecule has 0 spiro atoms. The second kappa shape index (κ2) is 6.73. The number of hydrogen-bond donors (Lipinski definition) is 2. The van der Waals surface area contributed by atoms with Crippen LogP contribution in [0.5, 0.6) is 0 Å². The maximum atomic E-state index is 11.1. The summed E-state index contributed by atoms with van der Waals surface area (Å²) in [5.74, 6) is -0.649. The fourth-order valence-corrected chi connectivity index (χ4v) is 3.89. The smallest absolute Gasteiger partial charge is 0.308 e. The number of carboxylic acid groups (broad SMARTS) is 1. The van der Waals surface area contributed by atoms with Crippen LogP contribution < -0.4 is 5.73 Å². The van der Waals surface area contributed by atoms with Gasteiger partial charge in [0.1, 0.15) is 0 Å². The van der Waals surface area contributed by atoms with E-state index in [-0.39, 0.29) is 6.42 Å². The van der Waals surface area contributed by atoms with Crippen molar-refractivity contribution < 1.29 is 14.7 Å². The van der Waals surface area contributed by atoms with Crippen molar-refractivity contribution in [3.8, 4) is 0 Å². The summed E-state index contributed by atoms with van der Waals surface area (Å²) < 4.78 is 0.827. The molecule has 0 saturated carbocycles. The summed E-state index contributed by atoms with van der Waals surface area (Å²) in [6, 6.07) is 7.14. The number of rotatable bonds is 6. The molecule has 1 amide bonds. The van der Waals surface area contributed by atoms with Gasteiger partial charge >= 0.3 is 5.97 Å². The molecule has 110 valence electrons. The van der Waals surface area contributed by atoms with Crippen LogP contribution in [0.2, 0.25) is 0 Å². The Morgan fingerprint density at radius 2 is 2.19 bits per heavy atom. The number of carboxylic acids is 1. The number of hydrogen-bond acceptors (Lipinski definition) is 5. The first-order valence-corrected chi connectivity index (χ1v) is 7.95. The topological polar surface area (TPSA) is 93.3 Å². The molecule has 0 saturated heterocycles. The predicted molar refractivity (Wildman–Crippen MR) is 82.7 cm³/mol. The normalized spacial score (nSPS) is 10.5. The number of thioether (sulfide) groups is 1. The van der Waals surface area contributed by atoms with Crippen molar-refractivity contribution in [2.24, 2.45) is 5.73 Å². The Bertz CT molecular complexity index is 683. The zero-order chi connectivity index (χ0) is 15.4. The van der Waals surface area contributed by atoms with E-state index in [1.807, 2.05) is 13.0 Å². The molecule has 3 N–H and O–H groups in total. The van der Waals surface area contributed by atoms with E-state index in [9.17, 15) is 9.59 Å². The van der Waals surface area contributed by atoms with Crippen LogP contribution in [-0.2, 0) is 17.0 Å². The first-order valence-electron chi connectivity index (χ1n) is 6.15. The van der Waals surface area contributed by atoms with E-state index in [1.165, 1.54) is 23.1 Å². The lowest BCUT2D eigenvalue weighted by Gasteiger charge is -2.01. The minimum atomic E-state index is -0.854. The van der Waals surface area contributed by atoms with Gasteiger partial charge in [-0.3, -0.25) is 9.59 Å². The zero-order valence-electron chi connectivity index (χ0n) is 11.3. The van der Waals surface area contributed by atoms with Gasteiger partial charge in [0, 0.05) is 16.2 Å². The first-order chi connectivity index (χ1) is 9.95. The highest BCUT2D eigenvalue weighted by Gasteiger charge is 2.11. The molecule has 0 atom stereocenters. The number of carbonyl (C=O) groups excluding carboxylic acids is 1. The third kappa shape index (κ3) is 4.30. The summed E-state index contributed by atoms with van der Waals surface area (Å²) in [6.45, 7) is 1.81. The molecule has 2 aromatic rings. The van der Waals surface area contributed by atoms with Gasteiger partial charge in [-0.25, -0.2) is 4.98 Å². The van der Waals surface area contributed by atoms with Crippen molar-refractivity contribution in [2.75, 3.05) is 0 Å². The lowest BCUT2D eigenvalue weighted by atomic mass is 10.1.